The Bertz CT molecular complexity index is 702. The lowest BCUT2D eigenvalue weighted by molar-refractivity contribution is 0.552. The fourth-order valence-electron chi connectivity index (χ4n) is 1.59. The molecule has 9 heteroatoms. The maximum absolute atomic E-state index is 13.7. The number of nitrogens with one attached hydrogen (secondary N) is 1. The van der Waals surface area contributed by atoms with Crippen LogP contribution in [-0.4, -0.2) is 35.0 Å². The maximum Gasteiger partial charge on any atom is 0.243 e. The molecule has 0 spiro atoms. The van der Waals surface area contributed by atoms with Gasteiger partial charge in [-0.25, -0.2) is 25.9 Å². The molecule has 0 aromatic heterocycles. The van der Waals surface area contributed by atoms with E-state index in [2.05, 4.69) is 4.72 Å². The van der Waals surface area contributed by atoms with Crippen LogP contribution < -0.4 is 4.72 Å². The third-order valence-electron chi connectivity index (χ3n) is 2.69. The summed E-state index contributed by atoms with van der Waals surface area (Å²) in [4.78, 5) is -0.928. The van der Waals surface area contributed by atoms with E-state index < -0.39 is 30.6 Å². The van der Waals surface area contributed by atoms with Gasteiger partial charge in [0.25, 0.3) is 0 Å². The first-order valence-electron chi connectivity index (χ1n) is 6.17. The van der Waals surface area contributed by atoms with Crippen LogP contribution in [0.25, 0.3) is 0 Å². The van der Waals surface area contributed by atoms with Crippen LogP contribution >= 0.6 is 11.6 Å². The lowest BCUT2D eigenvalue weighted by Gasteiger charge is -2.09. The largest absolute Gasteiger partial charge is 0.243 e. The van der Waals surface area contributed by atoms with Crippen molar-refractivity contribution in [1.29, 1.82) is 0 Å². The van der Waals surface area contributed by atoms with Crippen molar-refractivity contribution < 1.29 is 21.2 Å². The fourth-order valence-corrected chi connectivity index (χ4v) is 3.64. The van der Waals surface area contributed by atoms with Crippen molar-refractivity contribution in [3.8, 4) is 0 Å². The molecule has 120 valence electrons. The summed E-state index contributed by atoms with van der Waals surface area (Å²) >= 11 is 5.74. The summed E-state index contributed by atoms with van der Waals surface area (Å²) < 4.78 is 62.7. The number of hydrogen-bond acceptors (Lipinski definition) is 4. The van der Waals surface area contributed by atoms with Gasteiger partial charge in [-0.15, -0.1) is 11.6 Å². The Balaban J connectivity index is 2.98. The summed E-state index contributed by atoms with van der Waals surface area (Å²) in [5, 5.41) is -0.0835. The van der Waals surface area contributed by atoms with Crippen molar-refractivity contribution in [2.75, 3.05) is 12.8 Å². The highest BCUT2D eigenvalue weighted by atomic mass is 35.5. The lowest BCUT2D eigenvalue weighted by Crippen LogP contribution is -2.26. The highest BCUT2D eigenvalue weighted by Gasteiger charge is 2.21. The first kappa shape index (κ1) is 18.3. The highest BCUT2D eigenvalue weighted by molar-refractivity contribution is 7.91. The molecule has 1 aromatic rings. The van der Waals surface area contributed by atoms with Crippen LogP contribution in [-0.2, 0) is 19.9 Å². The highest BCUT2D eigenvalue weighted by Crippen LogP contribution is 2.19. The molecule has 5 nitrogen and oxygen atoms in total. The minimum Gasteiger partial charge on any atom is -0.224 e. The molecule has 1 rings (SSSR count). The van der Waals surface area contributed by atoms with E-state index in [9.17, 15) is 21.2 Å². The Morgan fingerprint density at radius 1 is 1.29 bits per heavy atom. The van der Waals surface area contributed by atoms with Crippen LogP contribution in [0.1, 0.15) is 19.8 Å². The van der Waals surface area contributed by atoms with Gasteiger partial charge in [-0.05, 0) is 38.0 Å². The van der Waals surface area contributed by atoms with E-state index in [1.165, 1.54) is 0 Å². The average molecular weight is 358 g/mol. The topological polar surface area (TPSA) is 80.3 Å². The fraction of sp³-hybridized carbons (Fsp3) is 0.500. The van der Waals surface area contributed by atoms with Crippen LogP contribution in [0.2, 0.25) is 0 Å². The van der Waals surface area contributed by atoms with Gasteiger partial charge in [-0.1, -0.05) is 0 Å². The molecule has 21 heavy (non-hydrogen) atoms. The van der Waals surface area contributed by atoms with Gasteiger partial charge in [0, 0.05) is 18.2 Å². The zero-order chi connectivity index (χ0) is 16.3. The lowest BCUT2D eigenvalue weighted by atomic mass is 10.2. The first-order valence-corrected chi connectivity index (χ1v) is 9.98. The molecule has 0 fully saturated rings. The number of sulfonamides is 1. The van der Waals surface area contributed by atoms with Crippen molar-refractivity contribution in [3.05, 3.63) is 24.0 Å². The molecule has 1 unspecified atom stereocenters. The Morgan fingerprint density at radius 3 is 2.43 bits per heavy atom. The number of rotatable bonds is 7. The number of benzene rings is 1. The normalized spacial score (nSPS) is 14.1. The van der Waals surface area contributed by atoms with Crippen molar-refractivity contribution in [2.45, 2.75) is 34.9 Å². The first-order chi connectivity index (χ1) is 9.54. The maximum atomic E-state index is 13.7. The minimum atomic E-state index is -4.10. The van der Waals surface area contributed by atoms with Crippen LogP contribution in [0.5, 0.6) is 0 Å². The zero-order valence-corrected chi connectivity index (χ0v) is 14.0. The van der Waals surface area contributed by atoms with Crippen molar-refractivity contribution in [3.63, 3.8) is 0 Å². The molecule has 0 heterocycles. The molecule has 0 aliphatic carbocycles. The number of hydrogen-bond donors (Lipinski definition) is 1. The molecule has 0 aliphatic heterocycles. The molecule has 0 amide bonds. The number of alkyl halides is 1. The summed E-state index contributed by atoms with van der Waals surface area (Å²) in [5.74, 6) is -0.999. The van der Waals surface area contributed by atoms with E-state index in [4.69, 9.17) is 11.6 Å². The van der Waals surface area contributed by atoms with Crippen molar-refractivity contribution in [2.24, 2.45) is 0 Å². The summed E-state index contributed by atoms with van der Waals surface area (Å²) in [6, 6.07) is 2.67. The van der Waals surface area contributed by atoms with Gasteiger partial charge in [0.2, 0.25) is 10.0 Å². The second-order valence-corrected chi connectivity index (χ2v) is 9.18. The number of sulfone groups is 1. The number of halogens is 2. The Kier molecular flexibility index (Phi) is 6.15. The van der Waals surface area contributed by atoms with E-state index in [1.807, 2.05) is 0 Å². The second-order valence-electron chi connectivity index (χ2n) is 4.69. The van der Waals surface area contributed by atoms with Crippen LogP contribution in [0.15, 0.2) is 28.0 Å². The predicted molar refractivity (Wildman–Crippen MR) is 79.2 cm³/mol. The molecule has 0 saturated carbocycles. The third kappa shape index (κ3) is 5.54. The SMILES string of the molecule is CC(Cl)CCCNS(=O)(=O)c1cc(S(C)(=O)=O)ccc1F. The molecule has 0 saturated heterocycles. The van der Waals surface area contributed by atoms with Gasteiger partial charge < -0.3 is 0 Å². The molecule has 1 aromatic carbocycles. The van der Waals surface area contributed by atoms with Crippen LogP contribution in [0, 0.1) is 5.82 Å². The van der Waals surface area contributed by atoms with Crippen LogP contribution in [0.4, 0.5) is 4.39 Å². The van der Waals surface area contributed by atoms with E-state index >= 15 is 0 Å². The molecule has 1 N–H and O–H groups in total. The summed E-state index contributed by atoms with van der Waals surface area (Å²) in [6.45, 7) is 1.88. The minimum absolute atomic E-state index is 0.0835. The van der Waals surface area contributed by atoms with Gasteiger partial charge >= 0.3 is 0 Å². The smallest absolute Gasteiger partial charge is 0.224 e. The zero-order valence-electron chi connectivity index (χ0n) is 11.6. The predicted octanol–water partition coefficient (Wildman–Crippen LogP) is 1.92. The van der Waals surface area contributed by atoms with Gasteiger partial charge in [0.1, 0.15) is 10.7 Å². The van der Waals surface area contributed by atoms with E-state index in [0.29, 0.717) is 12.8 Å². The Hall–Kier alpha value is -0.700. The summed E-state index contributed by atoms with van der Waals surface area (Å²) in [5.41, 5.74) is 0. The summed E-state index contributed by atoms with van der Waals surface area (Å²) in [6.07, 6.45) is 2.03. The molecule has 0 bridgehead atoms. The van der Waals surface area contributed by atoms with E-state index in [0.717, 1.165) is 24.5 Å². The van der Waals surface area contributed by atoms with E-state index in [1.54, 1.807) is 6.92 Å². The van der Waals surface area contributed by atoms with Gasteiger partial charge in [-0.3, -0.25) is 0 Å². The second kappa shape index (κ2) is 7.04. The van der Waals surface area contributed by atoms with E-state index in [-0.39, 0.29) is 16.8 Å². The Labute approximate surface area is 129 Å². The molecule has 1 atom stereocenters. The van der Waals surface area contributed by atoms with Gasteiger partial charge in [0.15, 0.2) is 9.84 Å². The van der Waals surface area contributed by atoms with Crippen molar-refractivity contribution in [1.82, 2.24) is 4.72 Å². The molecular formula is C12H17ClFNO4S2. The van der Waals surface area contributed by atoms with Gasteiger partial charge in [-0.2, -0.15) is 0 Å². The average Bonchev–Trinajstić information content (AvgIpc) is 2.33. The van der Waals surface area contributed by atoms with Crippen molar-refractivity contribution >= 4 is 31.5 Å². The molecule has 0 aliphatic rings. The quantitative estimate of drug-likeness (QED) is 0.459. The molecular weight excluding hydrogens is 341 g/mol. The monoisotopic (exact) mass is 357 g/mol. The van der Waals surface area contributed by atoms with Crippen LogP contribution in [0.3, 0.4) is 0 Å². The summed E-state index contributed by atoms with van der Waals surface area (Å²) in [7, 11) is -7.72. The Morgan fingerprint density at radius 2 is 1.90 bits per heavy atom. The standard InChI is InChI=1S/C12H17ClFNO4S2/c1-9(13)4-3-7-15-21(18,19)12-8-10(20(2,16)17)5-6-11(12)14/h5-6,8-9,15H,3-4,7H2,1-2H3. The molecule has 0 radical (unpaired) electrons. The van der Waals surface area contributed by atoms with Gasteiger partial charge in [0.05, 0.1) is 4.90 Å². The third-order valence-corrected chi connectivity index (χ3v) is 5.50.